The van der Waals surface area contributed by atoms with Gasteiger partial charge in [-0.05, 0) is 114 Å². The molecule has 8 aromatic rings. The Bertz CT molecular complexity index is 2990. The summed E-state index contributed by atoms with van der Waals surface area (Å²) >= 11 is 12.2. The highest BCUT2D eigenvalue weighted by atomic mass is 35.5. The van der Waals surface area contributed by atoms with Crippen molar-refractivity contribution in [3.05, 3.63) is 154 Å². The maximum Gasteiger partial charge on any atom is 0.338 e. The third kappa shape index (κ3) is 11.7. The molecule has 8 rings (SSSR count). The van der Waals surface area contributed by atoms with Crippen LogP contribution in [0.3, 0.4) is 0 Å². The van der Waals surface area contributed by atoms with Gasteiger partial charge in [-0.25, -0.2) is 19.6 Å². The van der Waals surface area contributed by atoms with Crippen LogP contribution in [0.25, 0.3) is 11.3 Å². The van der Waals surface area contributed by atoms with Crippen molar-refractivity contribution in [3.8, 4) is 0 Å². The lowest BCUT2D eigenvalue weighted by Gasteiger charge is -2.19. The van der Waals surface area contributed by atoms with Crippen molar-refractivity contribution in [2.45, 2.75) is 52.7 Å². The van der Waals surface area contributed by atoms with E-state index in [4.69, 9.17) is 32.7 Å². The predicted molar refractivity (Wildman–Crippen MR) is 251 cm³/mol. The van der Waals surface area contributed by atoms with E-state index in [2.05, 4.69) is 41.4 Å². The van der Waals surface area contributed by atoms with Crippen LogP contribution in [0.5, 0.6) is 0 Å². The van der Waals surface area contributed by atoms with E-state index < -0.39 is 17.2 Å². The number of aromatic nitrogens is 6. The second-order valence-electron chi connectivity index (χ2n) is 16.3. The molecule has 4 N–H and O–H groups in total. The van der Waals surface area contributed by atoms with Crippen LogP contribution in [0, 0.1) is 0 Å². The van der Waals surface area contributed by atoms with Gasteiger partial charge in [0.2, 0.25) is 0 Å². The van der Waals surface area contributed by atoms with E-state index in [0.717, 1.165) is 17.1 Å². The van der Waals surface area contributed by atoms with Gasteiger partial charge in [-0.3, -0.25) is 4.79 Å². The fraction of sp³-hybridized carbons (Fsp3) is 0.170. The Morgan fingerprint density at radius 3 is 1.53 bits per heavy atom. The van der Waals surface area contributed by atoms with Crippen LogP contribution in [-0.2, 0) is 9.47 Å². The molecular formula is C47H44Cl2N10O5. The molecule has 4 aromatic carbocycles. The van der Waals surface area contributed by atoms with Gasteiger partial charge in [0.15, 0.2) is 17.6 Å². The minimum Gasteiger partial charge on any atom is -0.456 e. The zero-order valence-corrected chi connectivity index (χ0v) is 37.2. The summed E-state index contributed by atoms with van der Waals surface area (Å²) in [5.74, 6) is 1.54. The molecule has 0 aliphatic carbocycles. The van der Waals surface area contributed by atoms with Crippen LogP contribution in [0.4, 0.5) is 46.0 Å². The van der Waals surface area contributed by atoms with Crippen molar-refractivity contribution < 1.29 is 23.9 Å². The summed E-state index contributed by atoms with van der Waals surface area (Å²) in [7, 11) is 0. The molecule has 0 aliphatic rings. The first-order valence-electron chi connectivity index (χ1n) is 19.9. The number of benzene rings is 4. The fourth-order valence-electron chi connectivity index (χ4n) is 6.13. The van der Waals surface area contributed by atoms with Gasteiger partial charge in [0.25, 0.3) is 0 Å². The summed E-state index contributed by atoms with van der Waals surface area (Å²) in [6.45, 7) is 11.0. The normalized spacial score (nSPS) is 11.3. The molecule has 15 nitrogen and oxygen atoms in total. The van der Waals surface area contributed by atoms with Gasteiger partial charge in [0.05, 0.1) is 29.1 Å². The van der Waals surface area contributed by atoms with Crippen molar-refractivity contribution in [2.24, 2.45) is 0 Å². The summed E-state index contributed by atoms with van der Waals surface area (Å²) < 4.78 is 14.1. The molecule has 326 valence electrons. The van der Waals surface area contributed by atoms with E-state index in [0.29, 0.717) is 73.3 Å². The van der Waals surface area contributed by atoms with E-state index >= 15 is 0 Å². The fourth-order valence-corrected chi connectivity index (χ4v) is 6.51. The van der Waals surface area contributed by atoms with Crippen LogP contribution in [0.2, 0.25) is 10.0 Å². The number of esters is 2. The molecule has 0 radical (unpaired) electrons. The Labute approximate surface area is 378 Å². The third-order valence-corrected chi connectivity index (χ3v) is 9.19. The Morgan fingerprint density at radius 2 is 1.05 bits per heavy atom. The number of fused-ring (bicyclic) bond motifs is 2. The second kappa shape index (κ2) is 18.9. The van der Waals surface area contributed by atoms with Crippen LogP contribution in [0.1, 0.15) is 72.6 Å². The number of rotatable bonds is 11. The minimum atomic E-state index is -0.598. The maximum absolute atomic E-state index is 12.5. The van der Waals surface area contributed by atoms with Gasteiger partial charge in [-0.2, -0.15) is 19.2 Å². The number of halogens is 2. The standard InChI is InChI=1S/C24H22ClN5O3.C23H22ClN5O2/c1-24(2,3)33-23(32)15-6-4-8-18(10-15)28-21-12-20(27-19-9-5-7-17(25)11-19)29-22-16(14-31)13-26-30(21)22;1-23(2,3)31-22(30)15-6-4-8-17(12-15)27-21-14-19(28-20-10-11-25-29(20)21)26-18-9-5-7-16(24)13-18/h4-14,28H,1-3H3,(H,27,29);4-14,27H,1-3H3,(H,26,28). The van der Waals surface area contributed by atoms with Crippen LogP contribution < -0.4 is 21.3 Å². The molecule has 0 saturated carbocycles. The molecule has 4 aromatic heterocycles. The zero-order chi connectivity index (χ0) is 45.6. The van der Waals surface area contributed by atoms with Gasteiger partial charge in [0.1, 0.15) is 34.5 Å². The number of ether oxygens (including phenoxy) is 2. The van der Waals surface area contributed by atoms with Crippen molar-refractivity contribution in [2.75, 3.05) is 21.3 Å². The molecule has 0 saturated heterocycles. The van der Waals surface area contributed by atoms with Gasteiger partial charge in [-0.15, -0.1) is 0 Å². The average Bonchev–Trinajstić information content (AvgIpc) is 3.88. The van der Waals surface area contributed by atoms with E-state index in [9.17, 15) is 14.4 Å². The third-order valence-electron chi connectivity index (χ3n) is 8.72. The van der Waals surface area contributed by atoms with Gasteiger partial charge in [-0.1, -0.05) is 47.5 Å². The maximum atomic E-state index is 12.5. The first-order valence-corrected chi connectivity index (χ1v) is 20.7. The summed E-state index contributed by atoms with van der Waals surface area (Å²) in [5.41, 5.74) is 4.02. The summed E-state index contributed by atoms with van der Waals surface area (Å²) in [4.78, 5) is 45.5. The highest BCUT2D eigenvalue weighted by molar-refractivity contribution is 6.31. The number of carbonyl (C=O) groups excluding carboxylic acids is 3. The lowest BCUT2D eigenvalue weighted by Crippen LogP contribution is -2.23. The van der Waals surface area contributed by atoms with Gasteiger partial charge in [0, 0.05) is 51.0 Å². The number of nitrogens with zero attached hydrogens (tertiary/aromatic N) is 6. The molecule has 17 heteroatoms. The minimum absolute atomic E-state index is 0.343. The molecule has 64 heavy (non-hydrogen) atoms. The van der Waals surface area contributed by atoms with Crippen molar-refractivity contribution in [3.63, 3.8) is 0 Å². The number of carbonyl (C=O) groups is 3. The van der Waals surface area contributed by atoms with Crippen molar-refractivity contribution >= 4 is 98.7 Å². The average molecular weight is 900 g/mol. The monoisotopic (exact) mass is 898 g/mol. The number of hydrogen-bond donors (Lipinski definition) is 4. The highest BCUT2D eigenvalue weighted by Crippen LogP contribution is 2.28. The molecular weight excluding hydrogens is 855 g/mol. The molecule has 0 bridgehead atoms. The quantitative estimate of drug-likeness (QED) is 0.0713. The topological polar surface area (TPSA) is 178 Å². The first-order chi connectivity index (χ1) is 30.5. The van der Waals surface area contributed by atoms with Crippen molar-refractivity contribution in [1.29, 1.82) is 0 Å². The van der Waals surface area contributed by atoms with Crippen LogP contribution >= 0.6 is 23.2 Å². The van der Waals surface area contributed by atoms with E-state index in [1.54, 1.807) is 65.3 Å². The van der Waals surface area contributed by atoms with E-state index in [1.165, 1.54) is 10.7 Å². The molecule has 0 amide bonds. The highest BCUT2D eigenvalue weighted by Gasteiger charge is 2.20. The summed E-state index contributed by atoms with van der Waals surface area (Å²) in [6, 6.07) is 34.1. The molecule has 0 atom stereocenters. The molecule has 4 heterocycles. The summed E-state index contributed by atoms with van der Waals surface area (Å²) in [6.07, 6.45) is 3.82. The van der Waals surface area contributed by atoms with Crippen LogP contribution in [0.15, 0.2) is 128 Å². The van der Waals surface area contributed by atoms with Gasteiger partial charge >= 0.3 is 11.9 Å². The number of hydrogen-bond acceptors (Lipinski definition) is 13. The Morgan fingerprint density at radius 1 is 0.578 bits per heavy atom. The molecule has 0 fully saturated rings. The van der Waals surface area contributed by atoms with E-state index in [-0.39, 0.29) is 5.97 Å². The lowest BCUT2D eigenvalue weighted by molar-refractivity contribution is 0.00571. The Hall–Kier alpha value is -7.49. The number of aldehydes is 1. The summed E-state index contributed by atoms with van der Waals surface area (Å²) in [5, 5.41) is 22.8. The second-order valence-corrected chi connectivity index (χ2v) is 17.2. The molecule has 0 spiro atoms. The van der Waals surface area contributed by atoms with E-state index in [1.807, 2.05) is 102 Å². The van der Waals surface area contributed by atoms with Crippen LogP contribution in [-0.4, -0.2) is 58.6 Å². The lowest BCUT2D eigenvalue weighted by atomic mass is 10.1. The van der Waals surface area contributed by atoms with Crippen molar-refractivity contribution in [1.82, 2.24) is 29.2 Å². The Kier molecular flexibility index (Phi) is 13.1. The Balaban J connectivity index is 0.000000192. The first kappa shape index (κ1) is 44.6. The largest absolute Gasteiger partial charge is 0.456 e. The smallest absolute Gasteiger partial charge is 0.338 e. The molecule has 0 unspecified atom stereocenters. The zero-order valence-electron chi connectivity index (χ0n) is 35.7. The number of nitrogens with one attached hydrogen (secondary N) is 4. The van der Waals surface area contributed by atoms with Gasteiger partial charge < -0.3 is 30.7 Å². The SMILES string of the molecule is CC(C)(C)OC(=O)c1cccc(Nc2cc(Nc3cccc(Cl)c3)nc3c(C=O)cnn23)c1.CC(C)(C)OC(=O)c1cccc(Nc2cc(Nc3cccc(Cl)c3)nc3ccnn23)c1. The molecule has 0 aliphatic heterocycles. The predicted octanol–water partition coefficient (Wildman–Crippen LogP) is 11.5. The number of anilines is 8.